The normalized spacial score (nSPS) is 10.8. The highest BCUT2D eigenvalue weighted by molar-refractivity contribution is 5.62. The summed E-state index contributed by atoms with van der Waals surface area (Å²) in [5.74, 6) is -12.3. The topological polar surface area (TPSA) is 22.1 Å². The summed E-state index contributed by atoms with van der Waals surface area (Å²) in [5.41, 5.74) is -2.43. The number of methoxy groups -OCH3 is 1. The summed E-state index contributed by atoms with van der Waals surface area (Å²) in [6.45, 7) is 0. The van der Waals surface area contributed by atoms with Crippen LogP contribution in [0.25, 0.3) is 11.3 Å². The number of halogens is 6. The molecule has 2 rings (SSSR count). The number of rotatable bonds is 2. The van der Waals surface area contributed by atoms with Gasteiger partial charge in [-0.2, -0.15) is 0 Å². The second-order valence-electron chi connectivity index (χ2n) is 3.65. The van der Waals surface area contributed by atoms with E-state index in [-0.39, 0.29) is 5.75 Å². The van der Waals surface area contributed by atoms with Gasteiger partial charge in [-0.1, -0.05) is 0 Å². The zero-order valence-electron chi connectivity index (χ0n) is 9.78. The van der Waals surface area contributed by atoms with Crippen molar-refractivity contribution in [3.8, 4) is 17.0 Å². The van der Waals surface area contributed by atoms with Crippen LogP contribution in [0.3, 0.4) is 0 Å². The van der Waals surface area contributed by atoms with Crippen molar-refractivity contribution < 1.29 is 31.1 Å². The summed E-state index contributed by atoms with van der Waals surface area (Å²) in [5, 5.41) is 0. The van der Waals surface area contributed by atoms with Gasteiger partial charge in [0.2, 0.25) is 5.82 Å². The summed E-state index contributed by atoms with van der Waals surface area (Å²) in [6.07, 6.45) is 0.885. The van der Waals surface area contributed by atoms with Gasteiger partial charge in [0.1, 0.15) is 11.4 Å². The Hall–Kier alpha value is -2.25. The lowest BCUT2D eigenvalue weighted by Crippen LogP contribution is -2.06. The fraction of sp³-hybridized carbons (Fsp3) is 0.0833. The Morgan fingerprint density at radius 2 is 1.35 bits per heavy atom. The van der Waals surface area contributed by atoms with Crippen LogP contribution in [0.2, 0.25) is 0 Å². The first-order valence-corrected chi connectivity index (χ1v) is 5.09. The number of hydrogen-bond acceptors (Lipinski definition) is 2. The van der Waals surface area contributed by atoms with E-state index in [1.165, 1.54) is 7.11 Å². The first-order valence-electron chi connectivity index (χ1n) is 5.09. The number of hydrogen-bond donors (Lipinski definition) is 0. The van der Waals surface area contributed by atoms with Gasteiger partial charge >= 0.3 is 0 Å². The van der Waals surface area contributed by atoms with E-state index >= 15 is 0 Å². The number of benzene rings is 1. The van der Waals surface area contributed by atoms with Crippen LogP contribution in [0.1, 0.15) is 0 Å². The molecule has 106 valence electrons. The summed E-state index contributed by atoms with van der Waals surface area (Å²) < 4.78 is 84.2. The molecular weight excluding hydrogens is 288 g/mol. The third-order valence-electron chi connectivity index (χ3n) is 2.50. The van der Waals surface area contributed by atoms with Gasteiger partial charge in [-0.05, 0) is 0 Å². The molecule has 1 aromatic heterocycles. The average Bonchev–Trinajstić information content (AvgIpc) is 2.44. The molecule has 20 heavy (non-hydrogen) atoms. The summed E-state index contributed by atoms with van der Waals surface area (Å²) in [4.78, 5) is 3.32. The molecule has 0 aliphatic heterocycles. The van der Waals surface area contributed by atoms with Crippen LogP contribution >= 0.6 is 0 Å². The smallest absolute Gasteiger partial charge is 0.200 e. The van der Waals surface area contributed by atoms with Crippen LogP contribution in [0.4, 0.5) is 26.3 Å². The fourth-order valence-electron chi connectivity index (χ4n) is 1.53. The summed E-state index contributed by atoms with van der Waals surface area (Å²) in [7, 11) is 1.19. The average molecular weight is 293 g/mol. The van der Waals surface area contributed by atoms with E-state index in [4.69, 9.17) is 0 Å². The lowest BCUT2D eigenvalue weighted by atomic mass is 10.1. The zero-order chi connectivity index (χ0) is 15.0. The highest BCUT2D eigenvalue weighted by Crippen LogP contribution is 2.32. The molecule has 0 aliphatic rings. The molecule has 1 heterocycles. The molecule has 8 heteroatoms. The minimum atomic E-state index is -2.32. The lowest BCUT2D eigenvalue weighted by Gasteiger charge is -2.09. The molecule has 0 saturated heterocycles. The third kappa shape index (κ3) is 2.06. The number of ether oxygens (including phenoxy) is 1. The minimum Gasteiger partial charge on any atom is -0.495 e. The van der Waals surface area contributed by atoms with E-state index in [1.807, 2.05) is 0 Å². The van der Waals surface area contributed by atoms with Gasteiger partial charge in [0.15, 0.2) is 29.1 Å². The lowest BCUT2D eigenvalue weighted by molar-refractivity contribution is 0.380. The molecule has 0 spiro atoms. The van der Waals surface area contributed by atoms with Gasteiger partial charge < -0.3 is 4.74 Å². The van der Waals surface area contributed by atoms with Gasteiger partial charge in [-0.15, -0.1) is 0 Å². The van der Waals surface area contributed by atoms with Crippen LogP contribution in [0.15, 0.2) is 12.3 Å². The Morgan fingerprint density at radius 3 is 1.80 bits per heavy atom. The first kappa shape index (κ1) is 14.2. The zero-order valence-corrected chi connectivity index (χ0v) is 9.78. The standard InChI is InChI=1S/C12H5F6NO/c1-20-4-2-5(13)12(19-3-4)6-7(14)9(16)11(18)10(17)8(6)15/h2-3H,1H3. The Bertz CT molecular complexity index is 659. The Balaban J connectivity index is 2.76. The minimum absolute atomic E-state index is 0.0740. The molecule has 1 aromatic carbocycles. The highest BCUT2D eigenvalue weighted by atomic mass is 19.2. The van der Waals surface area contributed by atoms with Crippen molar-refractivity contribution in [3.63, 3.8) is 0 Å². The molecule has 2 nitrogen and oxygen atoms in total. The molecule has 0 saturated carbocycles. The first-order chi connectivity index (χ1) is 9.38. The quantitative estimate of drug-likeness (QED) is 0.479. The van der Waals surface area contributed by atoms with Crippen LogP contribution < -0.4 is 4.74 Å². The Kier molecular flexibility index (Phi) is 3.56. The summed E-state index contributed by atoms with van der Waals surface area (Å²) >= 11 is 0. The van der Waals surface area contributed by atoms with E-state index in [0.29, 0.717) is 6.07 Å². The molecule has 0 N–H and O–H groups in total. The molecule has 0 unspecified atom stereocenters. The maximum atomic E-state index is 13.6. The van der Waals surface area contributed by atoms with Crippen molar-refractivity contribution in [2.45, 2.75) is 0 Å². The largest absolute Gasteiger partial charge is 0.495 e. The van der Waals surface area contributed by atoms with E-state index in [0.717, 1.165) is 6.20 Å². The molecule has 0 aliphatic carbocycles. The van der Waals surface area contributed by atoms with Crippen molar-refractivity contribution in [3.05, 3.63) is 47.2 Å². The number of aromatic nitrogens is 1. The fourth-order valence-corrected chi connectivity index (χ4v) is 1.53. The number of pyridine rings is 1. The van der Waals surface area contributed by atoms with Crippen LogP contribution in [-0.4, -0.2) is 12.1 Å². The van der Waals surface area contributed by atoms with Gasteiger partial charge in [0.25, 0.3) is 0 Å². The highest BCUT2D eigenvalue weighted by Gasteiger charge is 2.28. The molecule has 0 atom stereocenters. The molecule has 0 radical (unpaired) electrons. The van der Waals surface area contributed by atoms with E-state index in [1.54, 1.807) is 0 Å². The number of nitrogens with zero attached hydrogens (tertiary/aromatic N) is 1. The van der Waals surface area contributed by atoms with Crippen molar-refractivity contribution in [2.24, 2.45) is 0 Å². The van der Waals surface area contributed by atoms with Crippen molar-refractivity contribution in [2.75, 3.05) is 7.11 Å². The van der Waals surface area contributed by atoms with E-state index in [9.17, 15) is 26.3 Å². The monoisotopic (exact) mass is 293 g/mol. The molecule has 0 fully saturated rings. The third-order valence-corrected chi connectivity index (χ3v) is 2.50. The van der Waals surface area contributed by atoms with E-state index in [2.05, 4.69) is 9.72 Å². The molecule has 0 amide bonds. The Morgan fingerprint density at radius 1 is 0.850 bits per heavy atom. The Labute approximate surface area is 108 Å². The second kappa shape index (κ2) is 5.03. The van der Waals surface area contributed by atoms with Gasteiger partial charge in [-0.25, -0.2) is 31.3 Å². The predicted octanol–water partition coefficient (Wildman–Crippen LogP) is 3.59. The predicted molar refractivity (Wildman–Crippen MR) is 56.0 cm³/mol. The molecule has 0 bridgehead atoms. The van der Waals surface area contributed by atoms with Crippen molar-refractivity contribution >= 4 is 0 Å². The van der Waals surface area contributed by atoms with Crippen LogP contribution in [0, 0.1) is 34.9 Å². The van der Waals surface area contributed by atoms with Gasteiger partial charge in [0, 0.05) is 6.07 Å². The van der Waals surface area contributed by atoms with Crippen molar-refractivity contribution in [1.82, 2.24) is 4.98 Å². The molecular formula is C12H5F6NO. The maximum absolute atomic E-state index is 13.6. The van der Waals surface area contributed by atoms with Gasteiger partial charge in [-0.3, -0.25) is 0 Å². The van der Waals surface area contributed by atoms with Crippen LogP contribution in [-0.2, 0) is 0 Å². The van der Waals surface area contributed by atoms with Crippen molar-refractivity contribution in [1.29, 1.82) is 0 Å². The molecule has 2 aromatic rings. The van der Waals surface area contributed by atoms with Gasteiger partial charge in [0.05, 0.1) is 18.9 Å². The second-order valence-corrected chi connectivity index (χ2v) is 3.65. The summed E-state index contributed by atoms with van der Waals surface area (Å²) in [6, 6.07) is 0.709. The maximum Gasteiger partial charge on any atom is 0.200 e. The van der Waals surface area contributed by atoms with Crippen LogP contribution in [0.5, 0.6) is 5.75 Å². The SMILES string of the molecule is COc1cnc(-c2c(F)c(F)c(F)c(F)c2F)c(F)c1. The van der Waals surface area contributed by atoms with E-state index < -0.39 is 46.2 Å².